The van der Waals surface area contributed by atoms with Gasteiger partial charge in [-0.05, 0) is 32.8 Å². The summed E-state index contributed by atoms with van der Waals surface area (Å²) in [6.45, 7) is 6.39. The van der Waals surface area contributed by atoms with E-state index in [1.165, 1.54) is 9.13 Å². The number of carbonyl (C=O) groups is 1. The molecule has 1 atom stereocenters. The van der Waals surface area contributed by atoms with Gasteiger partial charge in [0.05, 0.1) is 18.6 Å². The third-order valence-electron chi connectivity index (χ3n) is 6.51. The number of piperidine rings is 1. The van der Waals surface area contributed by atoms with E-state index in [-0.39, 0.29) is 19.1 Å². The zero-order valence-corrected chi connectivity index (χ0v) is 22.5. The second kappa shape index (κ2) is 11.5. The first-order valence-electron chi connectivity index (χ1n) is 12.6. The Morgan fingerprint density at radius 1 is 1.18 bits per heavy atom. The fourth-order valence-corrected chi connectivity index (χ4v) is 4.75. The molecule has 4 heterocycles. The van der Waals surface area contributed by atoms with E-state index in [4.69, 9.17) is 20.6 Å². The number of fused-ring (bicyclic) bond motifs is 2. The van der Waals surface area contributed by atoms with Crippen molar-refractivity contribution in [3.05, 3.63) is 56.6 Å². The van der Waals surface area contributed by atoms with Gasteiger partial charge in [0.25, 0.3) is 11.5 Å². The summed E-state index contributed by atoms with van der Waals surface area (Å²) in [5, 5.41) is 8.35. The lowest BCUT2D eigenvalue weighted by atomic mass is 10.1. The number of para-hydroxylation sites is 1. The minimum Gasteiger partial charge on any atom is -0.481 e. The summed E-state index contributed by atoms with van der Waals surface area (Å²) >= 11 is 0. The lowest BCUT2D eigenvalue weighted by Crippen LogP contribution is -2.44. The maximum absolute atomic E-state index is 13.7. The average Bonchev–Trinajstić information content (AvgIpc) is 3.28. The molecular formula is C27H32N8O4. The number of hydrogen-bond acceptors (Lipinski definition) is 8. The van der Waals surface area contributed by atoms with Crippen molar-refractivity contribution in [1.82, 2.24) is 28.7 Å². The number of aliphatic carboxylic acids is 1. The molecule has 1 aliphatic rings. The van der Waals surface area contributed by atoms with Gasteiger partial charge in [-0.15, -0.1) is 5.92 Å². The van der Waals surface area contributed by atoms with E-state index in [0.29, 0.717) is 29.5 Å². The zero-order valence-electron chi connectivity index (χ0n) is 22.5. The van der Waals surface area contributed by atoms with Gasteiger partial charge in [-0.3, -0.25) is 23.3 Å². The molecule has 5 rings (SSSR count). The van der Waals surface area contributed by atoms with Crippen LogP contribution in [0, 0.1) is 18.8 Å². The Hall–Kier alpha value is -4.50. The van der Waals surface area contributed by atoms with E-state index in [9.17, 15) is 9.59 Å². The fraction of sp³-hybridized carbons (Fsp3) is 0.407. The van der Waals surface area contributed by atoms with Gasteiger partial charge in [-0.1, -0.05) is 24.1 Å². The van der Waals surface area contributed by atoms with E-state index in [2.05, 4.69) is 26.7 Å². The molecule has 4 aromatic rings. The summed E-state index contributed by atoms with van der Waals surface area (Å²) in [7, 11) is 1.63. The molecule has 0 aliphatic carbocycles. The van der Waals surface area contributed by atoms with Crippen LogP contribution in [-0.2, 0) is 24.9 Å². The van der Waals surface area contributed by atoms with E-state index in [0.717, 1.165) is 42.9 Å². The van der Waals surface area contributed by atoms with E-state index < -0.39 is 17.2 Å². The quantitative estimate of drug-likeness (QED) is 0.369. The molecule has 1 fully saturated rings. The summed E-state index contributed by atoms with van der Waals surface area (Å²) < 4.78 is 4.39. The first kappa shape index (κ1) is 27.5. The molecule has 0 unspecified atom stereocenters. The van der Waals surface area contributed by atoms with Gasteiger partial charge in [-0.2, -0.15) is 4.98 Å². The number of hydrogen-bond donors (Lipinski definition) is 2. The first-order chi connectivity index (χ1) is 18.6. The Kier molecular flexibility index (Phi) is 8.11. The smallest absolute Gasteiger partial charge is 0.332 e. The van der Waals surface area contributed by atoms with Crippen molar-refractivity contribution in [3.63, 3.8) is 0 Å². The van der Waals surface area contributed by atoms with Gasteiger partial charge in [0, 0.05) is 44.2 Å². The molecule has 3 aromatic heterocycles. The largest absolute Gasteiger partial charge is 0.481 e. The van der Waals surface area contributed by atoms with Gasteiger partial charge in [0.1, 0.15) is 5.82 Å². The van der Waals surface area contributed by atoms with Crippen LogP contribution in [0.15, 0.2) is 33.9 Å². The van der Waals surface area contributed by atoms with Crippen molar-refractivity contribution < 1.29 is 9.90 Å². The zero-order chi connectivity index (χ0) is 28.3. The first-order valence-corrected chi connectivity index (χ1v) is 12.6. The van der Waals surface area contributed by atoms with Crippen LogP contribution < -0.4 is 21.9 Å². The van der Waals surface area contributed by atoms with Crippen LogP contribution in [0.5, 0.6) is 0 Å². The monoisotopic (exact) mass is 532 g/mol. The molecule has 39 heavy (non-hydrogen) atoms. The minimum absolute atomic E-state index is 0.0306. The molecule has 1 saturated heterocycles. The van der Waals surface area contributed by atoms with Crippen molar-refractivity contribution in [3.8, 4) is 11.8 Å². The van der Waals surface area contributed by atoms with Crippen molar-refractivity contribution >= 4 is 34.0 Å². The SMILES string of the molecule is CC#CCn1c(N2CCC[C@@H](N)C2)nc2c1c(=O)n(Cc1nc(C)c3ccccc3n1)c(=O)n2C.CC(=O)O. The third-order valence-corrected chi connectivity index (χ3v) is 6.51. The van der Waals surface area contributed by atoms with Crippen LogP contribution in [0.25, 0.3) is 22.1 Å². The maximum atomic E-state index is 13.7. The van der Waals surface area contributed by atoms with Crippen LogP contribution in [0.3, 0.4) is 0 Å². The summed E-state index contributed by atoms with van der Waals surface area (Å²) in [6.07, 6.45) is 1.88. The molecule has 0 amide bonds. The van der Waals surface area contributed by atoms with Crippen molar-refractivity contribution in [1.29, 1.82) is 0 Å². The number of carboxylic acids is 1. The highest BCUT2D eigenvalue weighted by molar-refractivity contribution is 5.80. The van der Waals surface area contributed by atoms with Crippen LogP contribution in [0.4, 0.5) is 5.95 Å². The Labute approximate surface area is 224 Å². The molecule has 0 radical (unpaired) electrons. The molecule has 0 bridgehead atoms. The molecule has 1 aromatic carbocycles. The van der Waals surface area contributed by atoms with E-state index in [1.807, 2.05) is 31.2 Å². The highest BCUT2D eigenvalue weighted by atomic mass is 16.4. The number of aryl methyl sites for hydroxylation is 2. The molecule has 0 saturated carbocycles. The van der Waals surface area contributed by atoms with Gasteiger partial charge in [-0.25, -0.2) is 14.8 Å². The predicted molar refractivity (Wildman–Crippen MR) is 149 cm³/mol. The average molecular weight is 533 g/mol. The molecular weight excluding hydrogens is 500 g/mol. The number of nitrogens with two attached hydrogens (primary N) is 1. The number of carboxylic acid groups (broad SMARTS) is 1. The second-order valence-electron chi connectivity index (χ2n) is 9.44. The molecule has 204 valence electrons. The Bertz CT molecular complexity index is 1720. The molecule has 1 aliphatic heterocycles. The van der Waals surface area contributed by atoms with Gasteiger partial charge >= 0.3 is 5.69 Å². The topological polar surface area (TPSA) is 154 Å². The number of benzene rings is 1. The summed E-state index contributed by atoms with van der Waals surface area (Å²) in [5.41, 5.74) is 7.54. The highest BCUT2D eigenvalue weighted by Crippen LogP contribution is 2.23. The lowest BCUT2D eigenvalue weighted by molar-refractivity contribution is -0.134. The van der Waals surface area contributed by atoms with E-state index >= 15 is 0 Å². The van der Waals surface area contributed by atoms with Crippen molar-refractivity contribution in [2.45, 2.75) is 52.7 Å². The Morgan fingerprint density at radius 2 is 1.90 bits per heavy atom. The van der Waals surface area contributed by atoms with Crippen molar-refractivity contribution in [2.24, 2.45) is 12.8 Å². The molecule has 3 N–H and O–H groups in total. The van der Waals surface area contributed by atoms with Crippen LogP contribution in [0.1, 0.15) is 38.2 Å². The normalized spacial score (nSPS) is 15.0. The molecule has 12 nitrogen and oxygen atoms in total. The predicted octanol–water partition coefficient (Wildman–Crippen LogP) is 1.24. The summed E-state index contributed by atoms with van der Waals surface area (Å²) in [5.74, 6) is 6.12. The highest BCUT2D eigenvalue weighted by Gasteiger charge is 2.26. The minimum atomic E-state index is -0.833. The van der Waals surface area contributed by atoms with Gasteiger partial charge < -0.3 is 15.7 Å². The van der Waals surface area contributed by atoms with Gasteiger partial charge in [0.15, 0.2) is 11.2 Å². The number of rotatable bonds is 4. The van der Waals surface area contributed by atoms with Gasteiger partial charge in [0.2, 0.25) is 5.95 Å². The number of anilines is 1. The fourth-order valence-electron chi connectivity index (χ4n) is 4.75. The summed E-state index contributed by atoms with van der Waals surface area (Å²) in [6, 6.07) is 7.71. The van der Waals surface area contributed by atoms with E-state index in [1.54, 1.807) is 18.5 Å². The Balaban J connectivity index is 0.000000826. The number of nitrogens with zero attached hydrogens (tertiary/aromatic N) is 7. The lowest BCUT2D eigenvalue weighted by Gasteiger charge is -2.31. The molecule has 0 spiro atoms. The molecule has 12 heteroatoms. The van der Waals surface area contributed by atoms with Crippen LogP contribution in [-0.4, -0.2) is 58.9 Å². The maximum Gasteiger partial charge on any atom is 0.332 e. The van der Waals surface area contributed by atoms with Crippen LogP contribution in [0.2, 0.25) is 0 Å². The van der Waals surface area contributed by atoms with Crippen molar-refractivity contribution in [2.75, 3.05) is 18.0 Å². The summed E-state index contributed by atoms with van der Waals surface area (Å²) in [4.78, 5) is 52.0. The second-order valence-corrected chi connectivity index (χ2v) is 9.44. The third kappa shape index (κ3) is 5.68. The van der Waals surface area contributed by atoms with Crippen LogP contribution >= 0.6 is 0 Å². The standard InChI is InChI=1S/C25H28N8O2.C2H4O2/c1-4-5-13-32-21-22(29-24(32)31-12-8-9-17(26)14-31)30(3)25(35)33(23(21)34)15-20-27-16(2)18-10-6-7-11-19(18)28-20;1-2(3)4/h6-7,10-11,17H,8-9,12-15,26H2,1-3H3;1H3,(H,3,4)/t17-;/m1./s1. The number of aromatic nitrogens is 6. The Morgan fingerprint density at radius 3 is 2.59 bits per heavy atom. The number of imidazole rings is 1.